The predicted molar refractivity (Wildman–Crippen MR) is 24.4 cm³/mol. The summed E-state index contributed by atoms with van der Waals surface area (Å²) < 4.78 is 41.4. The average Bonchev–Trinajstić information content (AvgIpc) is 1.64. The SMILES string of the molecule is N#CC(F)(Br)C(F)(F)F. The van der Waals surface area contributed by atoms with Crippen LogP contribution in [-0.2, 0) is 0 Å². The van der Waals surface area contributed by atoms with Gasteiger partial charge in [-0.05, 0) is 15.9 Å². The van der Waals surface area contributed by atoms with Crippen LogP contribution in [0, 0.1) is 11.3 Å². The molecular weight excluding hydrogens is 206 g/mol. The summed E-state index contributed by atoms with van der Waals surface area (Å²) in [7, 11) is 0. The van der Waals surface area contributed by atoms with E-state index in [2.05, 4.69) is 0 Å². The van der Waals surface area contributed by atoms with Crippen LogP contribution in [0.2, 0.25) is 0 Å². The molecule has 0 aromatic heterocycles. The molecule has 0 rings (SSSR count). The van der Waals surface area contributed by atoms with E-state index in [1.807, 2.05) is 0 Å². The Labute approximate surface area is 56.4 Å². The fourth-order valence-electron chi connectivity index (χ4n) is 0.0634. The highest BCUT2D eigenvalue weighted by molar-refractivity contribution is 9.10. The van der Waals surface area contributed by atoms with Gasteiger partial charge in [0.1, 0.15) is 6.07 Å². The molecule has 6 heteroatoms. The molecule has 0 aliphatic heterocycles. The first kappa shape index (κ1) is 8.69. The molecule has 0 aliphatic carbocycles. The van der Waals surface area contributed by atoms with Gasteiger partial charge in [-0.3, -0.25) is 0 Å². The van der Waals surface area contributed by atoms with Gasteiger partial charge < -0.3 is 0 Å². The van der Waals surface area contributed by atoms with Crippen molar-refractivity contribution >= 4 is 15.9 Å². The van der Waals surface area contributed by atoms with Crippen LogP contribution in [0.3, 0.4) is 0 Å². The molecule has 0 radical (unpaired) electrons. The Bertz CT molecular complexity index is 143. The molecule has 0 saturated carbocycles. The molecule has 52 valence electrons. The fraction of sp³-hybridized carbons (Fsp3) is 0.667. The van der Waals surface area contributed by atoms with E-state index < -0.39 is 10.8 Å². The Balaban J connectivity index is 4.39. The smallest absolute Gasteiger partial charge is 0.204 e. The molecule has 0 aromatic rings. The van der Waals surface area contributed by atoms with Crippen molar-refractivity contribution in [2.75, 3.05) is 0 Å². The zero-order chi connectivity index (χ0) is 7.71. The highest BCUT2D eigenvalue weighted by Crippen LogP contribution is 2.38. The van der Waals surface area contributed by atoms with E-state index in [-0.39, 0.29) is 0 Å². The first-order valence-electron chi connectivity index (χ1n) is 1.67. The van der Waals surface area contributed by atoms with Gasteiger partial charge in [0.2, 0.25) is 0 Å². The van der Waals surface area contributed by atoms with Gasteiger partial charge >= 0.3 is 10.8 Å². The number of rotatable bonds is 0. The van der Waals surface area contributed by atoms with Gasteiger partial charge in [-0.15, -0.1) is 0 Å². The maximum absolute atomic E-state index is 11.8. The van der Waals surface area contributed by atoms with Crippen LogP contribution < -0.4 is 0 Å². The zero-order valence-electron chi connectivity index (χ0n) is 3.84. The Morgan fingerprint density at radius 2 is 1.56 bits per heavy atom. The van der Waals surface area contributed by atoms with Gasteiger partial charge in [-0.25, -0.2) is 4.39 Å². The summed E-state index contributed by atoms with van der Waals surface area (Å²) in [5.41, 5.74) is 0. The second-order valence-electron chi connectivity index (χ2n) is 1.18. The average molecular weight is 206 g/mol. The molecule has 1 nitrogen and oxygen atoms in total. The Kier molecular flexibility index (Phi) is 2.06. The van der Waals surface area contributed by atoms with Crippen molar-refractivity contribution in [2.45, 2.75) is 10.8 Å². The lowest BCUT2D eigenvalue weighted by atomic mass is 10.4. The van der Waals surface area contributed by atoms with Crippen LogP contribution in [0.1, 0.15) is 0 Å². The topological polar surface area (TPSA) is 23.8 Å². The maximum Gasteiger partial charge on any atom is 0.447 e. The van der Waals surface area contributed by atoms with E-state index in [0.29, 0.717) is 6.07 Å². The van der Waals surface area contributed by atoms with Gasteiger partial charge in [0.05, 0.1) is 0 Å². The van der Waals surface area contributed by atoms with Crippen LogP contribution in [0.4, 0.5) is 17.6 Å². The van der Waals surface area contributed by atoms with Crippen molar-refractivity contribution in [1.82, 2.24) is 0 Å². The lowest BCUT2D eigenvalue weighted by molar-refractivity contribution is -0.174. The predicted octanol–water partition coefficient (Wildman–Crippen LogP) is 2.13. The first-order chi connectivity index (χ1) is 3.81. The quantitative estimate of drug-likeness (QED) is 0.439. The summed E-state index contributed by atoms with van der Waals surface area (Å²) in [6, 6.07) is 0.406. The van der Waals surface area contributed by atoms with E-state index >= 15 is 0 Å². The Morgan fingerprint density at radius 1 is 1.22 bits per heavy atom. The lowest BCUT2D eigenvalue weighted by Crippen LogP contribution is -2.32. The molecule has 0 aromatic carbocycles. The zero-order valence-corrected chi connectivity index (χ0v) is 5.42. The molecule has 0 spiro atoms. The summed E-state index contributed by atoms with van der Waals surface area (Å²) in [6.07, 6.45) is -5.16. The summed E-state index contributed by atoms with van der Waals surface area (Å²) >= 11 is 1.55. The third kappa shape index (κ3) is 1.82. The van der Waals surface area contributed by atoms with Gasteiger partial charge in [0.25, 0.3) is 0 Å². The van der Waals surface area contributed by atoms with Crippen LogP contribution in [-0.4, -0.2) is 10.8 Å². The summed E-state index contributed by atoms with van der Waals surface area (Å²) in [5.74, 6) is 0. The Hall–Kier alpha value is -0.310. The van der Waals surface area contributed by atoms with Crippen molar-refractivity contribution in [3.8, 4) is 6.07 Å². The van der Waals surface area contributed by atoms with Crippen molar-refractivity contribution in [2.24, 2.45) is 0 Å². The third-order valence-corrected chi connectivity index (χ3v) is 1.12. The van der Waals surface area contributed by atoms with Crippen molar-refractivity contribution in [3.05, 3.63) is 0 Å². The molecule has 1 unspecified atom stereocenters. The number of hydrogen-bond acceptors (Lipinski definition) is 1. The number of alkyl halides is 5. The molecule has 0 heterocycles. The Morgan fingerprint density at radius 3 is 1.56 bits per heavy atom. The van der Waals surface area contributed by atoms with Crippen LogP contribution >= 0.6 is 15.9 Å². The second-order valence-corrected chi connectivity index (χ2v) is 2.28. The highest BCUT2D eigenvalue weighted by Gasteiger charge is 2.55. The first-order valence-corrected chi connectivity index (χ1v) is 2.46. The normalized spacial score (nSPS) is 18.2. The summed E-state index contributed by atoms with van der Waals surface area (Å²) in [4.78, 5) is 0. The van der Waals surface area contributed by atoms with E-state index in [1.165, 1.54) is 0 Å². The van der Waals surface area contributed by atoms with Crippen LogP contribution in [0.5, 0.6) is 0 Å². The number of hydrogen-bond donors (Lipinski definition) is 0. The van der Waals surface area contributed by atoms with E-state index in [1.54, 1.807) is 15.9 Å². The molecule has 9 heavy (non-hydrogen) atoms. The van der Waals surface area contributed by atoms with Gasteiger partial charge in [0.15, 0.2) is 0 Å². The molecule has 0 saturated heterocycles. The van der Waals surface area contributed by atoms with Crippen LogP contribution in [0.25, 0.3) is 0 Å². The van der Waals surface area contributed by atoms with Gasteiger partial charge in [-0.1, -0.05) is 0 Å². The summed E-state index contributed by atoms with van der Waals surface area (Å²) in [5, 5.41) is 7.54. The summed E-state index contributed by atoms with van der Waals surface area (Å²) in [6.45, 7) is 0. The largest absolute Gasteiger partial charge is 0.447 e. The van der Waals surface area contributed by atoms with E-state index in [4.69, 9.17) is 5.26 Å². The van der Waals surface area contributed by atoms with Crippen molar-refractivity contribution in [3.63, 3.8) is 0 Å². The molecule has 0 N–H and O–H groups in total. The molecule has 0 bridgehead atoms. The highest BCUT2D eigenvalue weighted by atomic mass is 79.9. The lowest BCUT2D eigenvalue weighted by Gasteiger charge is -2.12. The van der Waals surface area contributed by atoms with E-state index in [9.17, 15) is 17.6 Å². The van der Waals surface area contributed by atoms with Crippen LogP contribution in [0.15, 0.2) is 0 Å². The molecule has 1 atom stereocenters. The van der Waals surface area contributed by atoms with E-state index in [0.717, 1.165) is 0 Å². The van der Waals surface area contributed by atoms with Crippen molar-refractivity contribution < 1.29 is 17.6 Å². The standard InChI is InChI=1S/C3BrF4N/c4-2(5,1-9)3(6,7)8. The minimum atomic E-state index is -5.16. The second kappa shape index (κ2) is 2.14. The fourth-order valence-corrected chi connectivity index (χ4v) is 0.0634. The van der Waals surface area contributed by atoms with Crippen molar-refractivity contribution in [1.29, 1.82) is 5.26 Å². The van der Waals surface area contributed by atoms with Gasteiger partial charge in [-0.2, -0.15) is 18.4 Å². The molecule has 0 aliphatic rings. The monoisotopic (exact) mass is 205 g/mol. The third-order valence-electron chi connectivity index (χ3n) is 0.496. The minimum Gasteiger partial charge on any atom is -0.204 e. The number of halogens is 5. The molecule has 0 fully saturated rings. The van der Waals surface area contributed by atoms with Gasteiger partial charge in [0, 0.05) is 0 Å². The minimum absolute atomic E-state index is 0.406. The molecule has 0 amide bonds. The number of nitrogens with zero attached hydrogens (tertiary/aromatic N) is 1. The maximum atomic E-state index is 11.8. The molecular formula is C3BrF4N. The number of nitriles is 1.